The molecule has 5 rings (SSSR count). The van der Waals surface area contributed by atoms with Crippen molar-refractivity contribution in [3.63, 3.8) is 0 Å². The molecule has 0 unspecified atom stereocenters. The summed E-state index contributed by atoms with van der Waals surface area (Å²) >= 11 is 0. The third kappa shape index (κ3) is 4.35. The summed E-state index contributed by atoms with van der Waals surface area (Å²) in [6.45, 7) is 0.185. The Hall–Kier alpha value is -4.91. The SMILES string of the molecule is O=C1NN(c2ccccc2)C(=O)C1=Cc1c(OCc2ccc(C(=O)O)cc2)ccc2ccccc12. The van der Waals surface area contributed by atoms with Gasteiger partial charge >= 0.3 is 5.97 Å². The van der Waals surface area contributed by atoms with Crippen LogP contribution < -0.4 is 15.2 Å². The minimum Gasteiger partial charge on any atom is -0.488 e. The number of nitrogens with zero attached hydrogens (tertiary/aromatic N) is 1. The van der Waals surface area contributed by atoms with Crippen molar-refractivity contribution < 1.29 is 24.2 Å². The van der Waals surface area contributed by atoms with Gasteiger partial charge in [-0.15, -0.1) is 0 Å². The fourth-order valence-electron chi connectivity index (χ4n) is 3.92. The molecular weight excluding hydrogens is 444 g/mol. The summed E-state index contributed by atoms with van der Waals surface area (Å²) in [6.07, 6.45) is 1.56. The number of hydrogen-bond donors (Lipinski definition) is 2. The Labute approximate surface area is 200 Å². The highest BCUT2D eigenvalue weighted by Crippen LogP contribution is 2.32. The highest BCUT2D eigenvalue weighted by atomic mass is 16.5. The molecular formula is C28H20N2O5. The second-order valence-corrected chi connectivity index (χ2v) is 7.96. The fourth-order valence-corrected chi connectivity index (χ4v) is 3.92. The van der Waals surface area contributed by atoms with E-state index in [9.17, 15) is 14.4 Å². The van der Waals surface area contributed by atoms with Crippen LogP contribution in [0, 0.1) is 0 Å². The third-order valence-electron chi connectivity index (χ3n) is 5.72. The van der Waals surface area contributed by atoms with E-state index >= 15 is 0 Å². The van der Waals surface area contributed by atoms with Gasteiger partial charge in [-0.1, -0.05) is 60.7 Å². The van der Waals surface area contributed by atoms with Crippen molar-refractivity contribution in [2.75, 3.05) is 5.01 Å². The molecule has 7 nitrogen and oxygen atoms in total. The molecule has 0 aromatic heterocycles. The quantitative estimate of drug-likeness (QED) is 0.322. The number of carbonyl (C=O) groups is 3. The lowest BCUT2D eigenvalue weighted by Crippen LogP contribution is -2.35. The lowest BCUT2D eigenvalue weighted by molar-refractivity contribution is -0.117. The van der Waals surface area contributed by atoms with Crippen molar-refractivity contribution in [1.29, 1.82) is 0 Å². The Morgan fingerprint density at radius 3 is 2.34 bits per heavy atom. The van der Waals surface area contributed by atoms with Crippen molar-refractivity contribution in [3.05, 3.63) is 113 Å². The first kappa shape index (κ1) is 21.9. The van der Waals surface area contributed by atoms with Gasteiger partial charge in [0.05, 0.1) is 11.3 Å². The summed E-state index contributed by atoms with van der Waals surface area (Å²) in [5.74, 6) is -1.45. The van der Waals surface area contributed by atoms with Gasteiger partial charge in [0.2, 0.25) is 0 Å². The van der Waals surface area contributed by atoms with Crippen LogP contribution in [0.4, 0.5) is 5.69 Å². The van der Waals surface area contributed by atoms with Gasteiger partial charge in [-0.25, -0.2) is 9.80 Å². The van der Waals surface area contributed by atoms with Crippen molar-refractivity contribution in [3.8, 4) is 5.75 Å². The topological polar surface area (TPSA) is 95.9 Å². The zero-order chi connectivity index (χ0) is 24.4. The molecule has 172 valence electrons. The zero-order valence-electron chi connectivity index (χ0n) is 18.5. The number of nitrogens with one attached hydrogen (secondary N) is 1. The van der Waals surface area contributed by atoms with E-state index in [0.29, 0.717) is 17.0 Å². The van der Waals surface area contributed by atoms with Gasteiger partial charge in [-0.05, 0) is 52.7 Å². The van der Waals surface area contributed by atoms with Crippen LogP contribution in [-0.4, -0.2) is 22.9 Å². The van der Waals surface area contributed by atoms with Crippen LogP contribution in [0.3, 0.4) is 0 Å². The number of hydrazine groups is 1. The largest absolute Gasteiger partial charge is 0.488 e. The van der Waals surface area contributed by atoms with E-state index in [4.69, 9.17) is 9.84 Å². The molecule has 1 heterocycles. The summed E-state index contributed by atoms with van der Waals surface area (Å²) < 4.78 is 6.08. The van der Waals surface area contributed by atoms with E-state index in [1.807, 2.05) is 36.4 Å². The molecule has 7 heteroatoms. The molecule has 0 saturated carbocycles. The predicted molar refractivity (Wildman–Crippen MR) is 132 cm³/mol. The minimum atomic E-state index is -0.995. The lowest BCUT2D eigenvalue weighted by atomic mass is 10.0. The van der Waals surface area contributed by atoms with Crippen LogP contribution in [-0.2, 0) is 16.2 Å². The van der Waals surface area contributed by atoms with E-state index in [1.54, 1.807) is 48.5 Å². The average Bonchev–Trinajstić information content (AvgIpc) is 3.17. The molecule has 2 N–H and O–H groups in total. The van der Waals surface area contributed by atoms with Crippen LogP contribution in [0.25, 0.3) is 16.8 Å². The molecule has 1 fully saturated rings. The number of anilines is 1. The third-order valence-corrected chi connectivity index (χ3v) is 5.72. The maximum atomic E-state index is 13.1. The highest BCUT2D eigenvalue weighted by Gasteiger charge is 2.34. The van der Waals surface area contributed by atoms with Crippen molar-refractivity contribution in [2.24, 2.45) is 0 Å². The second kappa shape index (κ2) is 9.15. The number of carboxylic acid groups (broad SMARTS) is 1. The van der Waals surface area contributed by atoms with Gasteiger partial charge in [0.25, 0.3) is 11.8 Å². The van der Waals surface area contributed by atoms with Crippen molar-refractivity contribution in [1.82, 2.24) is 5.43 Å². The van der Waals surface area contributed by atoms with Crippen LogP contribution in [0.2, 0.25) is 0 Å². The molecule has 0 aliphatic carbocycles. The Kier molecular flexibility index (Phi) is 5.73. The Morgan fingerprint density at radius 1 is 0.886 bits per heavy atom. The Morgan fingerprint density at radius 2 is 1.60 bits per heavy atom. The number of aromatic carboxylic acids is 1. The normalized spacial score (nSPS) is 14.4. The van der Waals surface area contributed by atoms with Gasteiger partial charge in [-0.2, -0.15) is 0 Å². The molecule has 0 spiro atoms. The monoisotopic (exact) mass is 464 g/mol. The van der Waals surface area contributed by atoms with Gasteiger partial charge in [-0.3, -0.25) is 15.0 Å². The van der Waals surface area contributed by atoms with Gasteiger partial charge in [0.1, 0.15) is 17.9 Å². The number of benzene rings is 4. The maximum absolute atomic E-state index is 13.1. The highest BCUT2D eigenvalue weighted by molar-refractivity contribution is 6.32. The molecule has 4 aromatic rings. The number of rotatable bonds is 6. The zero-order valence-corrected chi connectivity index (χ0v) is 18.5. The molecule has 4 aromatic carbocycles. The number of hydrogen-bond acceptors (Lipinski definition) is 4. The summed E-state index contributed by atoms with van der Waals surface area (Å²) in [6, 6.07) is 26.6. The van der Waals surface area contributed by atoms with E-state index < -0.39 is 17.8 Å². The molecule has 0 bridgehead atoms. The Bertz CT molecular complexity index is 1480. The van der Waals surface area contributed by atoms with E-state index in [-0.39, 0.29) is 17.7 Å². The van der Waals surface area contributed by atoms with Gasteiger partial charge in [0.15, 0.2) is 0 Å². The molecule has 35 heavy (non-hydrogen) atoms. The summed E-state index contributed by atoms with van der Waals surface area (Å²) in [7, 11) is 0. The number of para-hydroxylation sites is 1. The van der Waals surface area contributed by atoms with Crippen LogP contribution in [0.1, 0.15) is 21.5 Å². The summed E-state index contributed by atoms with van der Waals surface area (Å²) in [5, 5.41) is 12.1. The number of ether oxygens (including phenoxy) is 1. The first-order chi connectivity index (χ1) is 17.0. The first-order valence-corrected chi connectivity index (χ1v) is 10.9. The summed E-state index contributed by atoms with van der Waals surface area (Å²) in [5.41, 5.74) is 4.77. The van der Waals surface area contributed by atoms with Crippen molar-refractivity contribution >= 4 is 40.3 Å². The molecule has 1 aliphatic rings. The summed E-state index contributed by atoms with van der Waals surface area (Å²) in [4.78, 5) is 37.0. The number of fused-ring (bicyclic) bond motifs is 1. The smallest absolute Gasteiger partial charge is 0.335 e. The van der Waals surface area contributed by atoms with E-state index in [1.165, 1.54) is 17.1 Å². The maximum Gasteiger partial charge on any atom is 0.335 e. The standard InChI is InChI=1S/C28H20N2O5/c31-26-24(27(32)30(29-26)21-7-2-1-3-8-21)16-23-22-9-5-4-6-19(22)14-15-25(23)35-17-18-10-12-20(13-11-18)28(33)34/h1-16H,17H2,(H,29,31)(H,33,34). The number of amides is 2. The van der Waals surface area contributed by atoms with Gasteiger partial charge in [0, 0.05) is 5.56 Å². The number of carboxylic acids is 1. The molecule has 0 radical (unpaired) electrons. The van der Waals surface area contributed by atoms with Crippen LogP contribution >= 0.6 is 0 Å². The average molecular weight is 464 g/mol. The molecule has 2 amide bonds. The lowest BCUT2D eigenvalue weighted by Gasteiger charge is -2.14. The first-order valence-electron chi connectivity index (χ1n) is 10.9. The molecule has 0 atom stereocenters. The fraction of sp³-hybridized carbons (Fsp3) is 0.0357. The second-order valence-electron chi connectivity index (χ2n) is 7.96. The van der Waals surface area contributed by atoms with Crippen molar-refractivity contribution in [2.45, 2.75) is 6.61 Å². The Balaban J connectivity index is 1.50. The molecule has 1 saturated heterocycles. The number of carbonyl (C=O) groups excluding carboxylic acids is 2. The predicted octanol–water partition coefficient (Wildman–Crippen LogP) is 4.58. The van der Waals surface area contributed by atoms with Crippen LogP contribution in [0.5, 0.6) is 5.75 Å². The van der Waals surface area contributed by atoms with Gasteiger partial charge < -0.3 is 9.84 Å². The molecule has 1 aliphatic heterocycles. The minimum absolute atomic E-state index is 0.000803. The van der Waals surface area contributed by atoms with E-state index in [2.05, 4.69) is 5.43 Å². The van der Waals surface area contributed by atoms with E-state index in [0.717, 1.165) is 16.3 Å². The van der Waals surface area contributed by atoms with Crippen LogP contribution in [0.15, 0.2) is 96.6 Å².